The predicted octanol–water partition coefficient (Wildman–Crippen LogP) is 0.347. The van der Waals surface area contributed by atoms with Gasteiger partial charge in [0.15, 0.2) is 20.4 Å². The van der Waals surface area contributed by atoms with Crippen molar-refractivity contribution in [3.63, 3.8) is 0 Å². The minimum Gasteiger partial charge on any atom is -0.222 e. The Morgan fingerprint density at radius 3 is 2.67 bits per heavy atom. The van der Waals surface area contributed by atoms with Crippen LogP contribution in [0.3, 0.4) is 0 Å². The van der Waals surface area contributed by atoms with E-state index >= 15 is 0 Å². The molecule has 0 saturated heterocycles. The highest BCUT2D eigenvalue weighted by molar-refractivity contribution is 7.90. The SMILES string of the molecule is CS(=O)(=O)c1cs[c]n1. The average Bonchev–Trinajstić information content (AvgIpc) is 2.08. The second-order valence-electron chi connectivity index (χ2n) is 1.55. The van der Waals surface area contributed by atoms with Crippen molar-refractivity contribution in [1.82, 2.24) is 4.98 Å². The summed E-state index contributed by atoms with van der Waals surface area (Å²) >= 11 is 1.15. The molecule has 0 N–H and O–H groups in total. The zero-order valence-corrected chi connectivity index (χ0v) is 6.29. The van der Waals surface area contributed by atoms with Crippen LogP contribution in [0.25, 0.3) is 0 Å². The third-order valence-corrected chi connectivity index (χ3v) is 2.40. The van der Waals surface area contributed by atoms with Gasteiger partial charge in [-0.05, 0) is 0 Å². The van der Waals surface area contributed by atoms with E-state index in [1.807, 2.05) is 0 Å². The van der Waals surface area contributed by atoms with Gasteiger partial charge in [0.2, 0.25) is 0 Å². The molecule has 1 radical (unpaired) electrons. The Hall–Kier alpha value is -0.420. The number of aromatic nitrogens is 1. The van der Waals surface area contributed by atoms with E-state index in [1.165, 1.54) is 5.38 Å². The van der Waals surface area contributed by atoms with E-state index < -0.39 is 9.84 Å². The number of rotatable bonds is 1. The van der Waals surface area contributed by atoms with Gasteiger partial charge in [-0.15, -0.1) is 11.3 Å². The molecule has 0 fully saturated rings. The van der Waals surface area contributed by atoms with Crippen LogP contribution in [-0.4, -0.2) is 19.7 Å². The quantitative estimate of drug-likeness (QED) is 0.598. The highest BCUT2D eigenvalue weighted by Gasteiger charge is 2.07. The van der Waals surface area contributed by atoms with Crippen molar-refractivity contribution in [3.8, 4) is 0 Å². The fourth-order valence-corrected chi connectivity index (χ4v) is 1.81. The monoisotopic (exact) mass is 162 g/mol. The second kappa shape index (κ2) is 2.07. The molecule has 0 saturated carbocycles. The predicted molar refractivity (Wildman–Crippen MR) is 34.1 cm³/mol. The summed E-state index contributed by atoms with van der Waals surface area (Å²) < 4.78 is 21.2. The summed E-state index contributed by atoms with van der Waals surface area (Å²) in [6.07, 6.45) is 1.12. The molecule has 0 unspecified atom stereocenters. The van der Waals surface area contributed by atoms with Gasteiger partial charge in [0.25, 0.3) is 0 Å². The maximum absolute atomic E-state index is 10.6. The standard InChI is InChI=1S/C4H4NO2S2/c1-9(6,7)4-2-8-3-5-4/h2H,1H3. The third kappa shape index (κ3) is 1.49. The fraction of sp³-hybridized carbons (Fsp3) is 0.250. The van der Waals surface area contributed by atoms with Gasteiger partial charge in [-0.1, -0.05) is 0 Å². The minimum absolute atomic E-state index is 0.104. The molecule has 0 amide bonds. The first-order valence-corrected chi connectivity index (χ1v) is 4.89. The van der Waals surface area contributed by atoms with Gasteiger partial charge in [-0.2, -0.15) is 0 Å². The highest BCUT2D eigenvalue weighted by atomic mass is 32.2. The van der Waals surface area contributed by atoms with Crippen LogP contribution in [-0.2, 0) is 9.84 Å². The Morgan fingerprint density at radius 2 is 2.44 bits per heavy atom. The molecular formula is C4H4NO2S2. The van der Waals surface area contributed by atoms with E-state index in [4.69, 9.17) is 0 Å². The maximum atomic E-state index is 10.6. The Bertz CT molecular complexity index is 274. The molecular weight excluding hydrogens is 158 g/mol. The van der Waals surface area contributed by atoms with Gasteiger partial charge in [0.1, 0.15) is 0 Å². The molecule has 0 atom stereocenters. The van der Waals surface area contributed by atoms with Crippen molar-refractivity contribution in [1.29, 1.82) is 0 Å². The van der Waals surface area contributed by atoms with E-state index in [0.29, 0.717) is 0 Å². The zero-order valence-electron chi connectivity index (χ0n) is 4.66. The normalized spacial score (nSPS) is 11.7. The first-order chi connectivity index (χ1) is 4.11. The Balaban J connectivity index is 3.20. The highest BCUT2D eigenvalue weighted by Crippen LogP contribution is 2.06. The lowest BCUT2D eigenvalue weighted by molar-refractivity contribution is 0.599. The van der Waals surface area contributed by atoms with Gasteiger partial charge in [-0.3, -0.25) is 0 Å². The summed E-state index contributed by atoms with van der Waals surface area (Å²) in [6.45, 7) is 0. The average molecular weight is 162 g/mol. The van der Waals surface area contributed by atoms with Gasteiger partial charge in [-0.25, -0.2) is 13.4 Å². The molecule has 0 aliphatic heterocycles. The first kappa shape index (κ1) is 6.70. The summed E-state index contributed by atoms with van der Waals surface area (Å²) in [5.74, 6) is 0. The molecule has 0 spiro atoms. The summed E-state index contributed by atoms with van der Waals surface area (Å²) in [7, 11) is -3.09. The van der Waals surface area contributed by atoms with Gasteiger partial charge >= 0.3 is 0 Å². The van der Waals surface area contributed by atoms with E-state index in [0.717, 1.165) is 17.6 Å². The van der Waals surface area contributed by atoms with Crippen LogP contribution in [0, 0.1) is 5.51 Å². The number of hydrogen-bond acceptors (Lipinski definition) is 4. The summed E-state index contributed by atoms with van der Waals surface area (Å²) in [5.41, 5.74) is 2.45. The van der Waals surface area contributed by atoms with Crippen LogP contribution in [0.5, 0.6) is 0 Å². The number of hydrogen-bond donors (Lipinski definition) is 0. The molecule has 49 valence electrons. The van der Waals surface area contributed by atoms with Crippen molar-refractivity contribution in [2.45, 2.75) is 5.03 Å². The second-order valence-corrected chi connectivity index (χ2v) is 4.17. The Labute approximate surface area is 57.3 Å². The van der Waals surface area contributed by atoms with Gasteiger partial charge in [0, 0.05) is 11.6 Å². The number of thiazole rings is 1. The van der Waals surface area contributed by atoms with Crippen molar-refractivity contribution in [2.75, 3.05) is 6.26 Å². The zero-order chi connectivity index (χ0) is 6.91. The summed E-state index contributed by atoms with van der Waals surface area (Å²) in [6, 6.07) is 0. The fourth-order valence-electron chi connectivity index (χ4n) is 0.345. The van der Waals surface area contributed by atoms with Crippen molar-refractivity contribution >= 4 is 21.2 Å². The van der Waals surface area contributed by atoms with Crippen LogP contribution < -0.4 is 0 Å². The van der Waals surface area contributed by atoms with Crippen molar-refractivity contribution < 1.29 is 8.42 Å². The van der Waals surface area contributed by atoms with E-state index in [9.17, 15) is 8.42 Å². The molecule has 0 aliphatic carbocycles. The first-order valence-electron chi connectivity index (χ1n) is 2.12. The smallest absolute Gasteiger partial charge is 0.193 e. The Morgan fingerprint density at radius 1 is 1.78 bits per heavy atom. The number of nitrogens with zero attached hydrogens (tertiary/aromatic N) is 1. The van der Waals surface area contributed by atoms with Crippen LogP contribution in [0.4, 0.5) is 0 Å². The molecule has 0 aromatic carbocycles. The van der Waals surface area contributed by atoms with Crippen molar-refractivity contribution in [3.05, 3.63) is 10.9 Å². The summed E-state index contributed by atoms with van der Waals surface area (Å²) in [4.78, 5) is 3.49. The lowest BCUT2D eigenvalue weighted by atomic mass is 11.0. The van der Waals surface area contributed by atoms with E-state index in [1.54, 1.807) is 0 Å². The van der Waals surface area contributed by atoms with E-state index in [-0.39, 0.29) is 5.03 Å². The molecule has 0 bridgehead atoms. The van der Waals surface area contributed by atoms with Crippen LogP contribution in [0.2, 0.25) is 0 Å². The molecule has 1 heterocycles. The molecule has 9 heavy (non-hydrogen) atoms. The maximum Gasteiger partial charge on any atom is 0.193 e. The molecule has 1 rings (SSSR count). The summed E-state index contributed by atoms with van der Waals surface area (Å²) in [5, 5.41) is 1.56. The van der Waals surface area contributed by atoms with E-state index in [2.05, 4.69) is 10.5 Å². The number of sulfone groups is 1. The molecule has 5 heteroatoms. The Kier molecular flexibility index (Phi) is 1.54. The molecule has 0 aliphatic rings. The van der Waals surface area contributed by atoms with Crippen LogP contribution >= 0.6 is 11.3 Å². The van der Waals surface area contributed by atoms with Crippen LogP contribution in [0.15, 0.2) is 10.4 Å². The lowest BCUT2D eigenvalue weighted by Gasteiger charge is -1.84. The minimum atomic E-state index is -3.09. The van der Waals surface area contributed by atoms with Gasteiger partial charge in [0.05, 0.1) is 0 Å². The van der Waals surface area contributed by atoms with Crippen molar-refractivity contribution in [2.24, 2.45) is 0 Å². The molecule has 3 nitrogen and oxygen atoms in total. The van der Waals surface area contributed by atoms with Crippen LogP contribution in [0.1, 0.15) is 0 Å². The largest absolute Gasteiger partial charge is 0.222 e. The lowest BCUT2D eigenvalue weighted by Crippen LogP contribution is -1.95. The molecule has 1 aromatic rings. The third-order valence-electron chi connectivity index (χ3n) is 0.748. The van der Waals surface area contributed by atoms with Gasteiger partial charge < -0.3 is 0 Å². The molecule has 1 aromatic heterocycles. The topological polar surface area (TPSA) is 47.0 Å².